The number of pyridine rings is 1. The van der Waals surface area contributed by atoms with Gasteiger partial charge in [-0.15, -0.1) is 0 Å². The predicted octanol–water partition coefficient (Wildman–Crippen LogP) is 5.44. The van der Waals surface area contributed by atoms with Gasteiger partial charge < -0.3 is 29.6 Å². The van der Waals surface area contributed by atoms with Crippen molar-refractivity contribution in [1.29, 1.82) is 0 Å². The van der Waals surface area contributed by atoms with Crippen LogP contribution in [0.5, 0.6) is 5.75 Å². The van der Waals surface area contributed by atoms with E-state index in [0.717, 1.165) is 11.4 Å². The average molecular weight is 566 g/mol. The Kier molecular flexibility index (Phi) is 7.78. The number of ether oxygens (including phenoxy) is 2. The molecular formula is C28H25ClFN5O3S. The maximum Gasteiger partial charge on any atom is 0.250 e. The largest absolute Gasteiger partial charge is 0.495 e. The summed E-state index contributed by atoms with van der Waals surface area (Å²) < 4.78 is 26.3. The van der Waals surface area contributed by atoms with E-state index in [0.29, 0.717) is 27.9 Å². The van der Waals surface area contributed by atoms with E-state index in [1.54, 1.807) is 30.5 Å². The molecule has 1 amide bonds. The molecule has 4 aromatic rings. The third-order valence-electron chi connectivity index (χ3n) is 6.37. The smallest absolute Gasteiger partial charge is 0.250 e. The van der Waals surface area contributed by atoms with Gasteiger partial charge in [0.1, 0.15) is 24.2 Å². The second-order valence-electron chi connectivity index (χ2n) is 8.76. The summed E-state index contributed by atoms with van der Waals surface area (Å²) in [7, 11) is 2.98. The molecule has 39 heavy (non-hydrogen) atoms. The summed E-state index contributed by atoms with van der Waals surface area (Å²) in [5.74, 6) is -0.324. The zero-order valence-corrected chi connectivity index (χ0v) is 22.7. The van der Waals surface area contributed by atoms with Crippen molar-refractivity contribution in [2.45, 2.75) is 12.1 Å². The van der Waals surface area contributed by atoms with E-state index in [9.17, 15) is 9.18 Å². The van der Waals surface area contributed by atoms with Crippen LogP contribution in [0, 0.1) is 5.82 Å². The molecule has 8 nitrogen and oxygen atoms in total. The standard InChI is InChI=1S/C28H25ClFN5O3S/c1-37-16-25(36)32-22-15-18(9-11-24(22)38-2)35-27(26(33-28(35)39)21-6-3-4-12-31-21)23-7-5-13-34(23)17-8-10-20(30)19(29)14-17/h3-15,26-27H,16H2,1-2H3,(H,32,36)(H,33,39)/t26-,27+/m1/s1. The van der Waals surface area contributed by atoms with Crippen molar-refractivity contribution in [3.63, 3.8) is 0 Å². The zero-order chi connectivity index (χ0) is 27.5. The number of thiocarbonyl (C=S) groups is 1. The lowest BCUT2D eigenvalue weighted by molar-refractivity contribution is -0.119. The van der Waals surface area contributed by atoms with Gasteiger partial charge in [-0.05, 0) is 72.9 Å². The molecule has 0 saturated carbocycles. The summed E-state index contributed by atoms with van der Waals surface area (Å²) in [6.07, 6.45) is 3.62. The summed E-state index contributed by atoms with van der Waals surface area (Å²) >= 11 is 12.0. The van der Waals surface area contributed by atoms with Crippen molar-refractivity contribution in [2.75, 3.05) is 31.0 Å². The zero-order valence-electron chi connectivity index (χ0n) is 21.1. The monoisotopic (exact) mass is 565 g/mol. The number of benzene rings is 2. The van der Waals surface area contributed by atoms with Crippen LogP contribution in [-0.4, -0.2) is 41.4 Å². The first-order valence-electron chi connectivity index (χ1n) is 12.0. The molecule has 2 aromatic carbocycles. The van der Waals surface area contributed by atoms with E-state index in [2.05, 4.69) is 15.6 Å². The summed E-state index contributed by atoms with van der Waals surface area (Å²) in [5.41, 5.74) is 3.54. The molecule has 1 saturated heterocycles. The third-order valence-corrected chi connectivity index (χ3v) is 6.98. The van der Waals surface area contributed by atoms with Gasteiger partial charge in [0, 0.05) is 36.6 Å². The van der Waals surface area contributed by atoms with Gasteiger partial charge in [0.2, 0.25) is 5.91 Å². The van der Waals surface area contributed by atoms with E-state index in [1.165, 1.54) is 20.3 Å². The summed E-state index contributed by atoms with van der Waals surface area (Å²) in [6.45, 7) is -0.102. The van der Waals surface area contributed by atoms with E-state index >= 15 is 0 Å². The average Bonchev–Trinajstić information content (AvgIpc) is 3.55. The Morgan fingerprint density at radius 2 is 1.95 bits per heavy atom. The van der Waals surface area contributed by atoms with Crippen molar-refractivity contribution in [1.82, 2.24) is 14.9 Å². The molecule has 3 heterocycles. The number of hydrogen-bond acceptors (Lipinski definition) is 5. The van der Waals surface area contributed by atoms with Crippen LogP contribution in [0.25, 0.3) is 5.69 Å². The molecule has 1 fully saturated rings. The second kappa shape index (κ2) is 11.4. The van der Waals surface area contributed by atoms with Gasteiger partial charge in [-0.25, -0.2) is 4.39 Å². The van der Waals surface area contributed by atoms with Crippen LogP contribution in [0.1, 0.15) is 23.5 Å². The van der Waals surface area contributed by atoms with E-state index in [4.69, 9.17) is 33.3 Å². The van der Waals surface area contributed by atoms with Gasteiger partial charge in [-0.3, -0.25) is 9.78 Å². The van der Waals surface area contributed by atoms with Crippen molar-refractivity contribution in [3.05, 3.63) is 101 Å². The molecule has 0 bridgehead atoms. The van der Waals surface area contributed by atoms with Crippen molar-refractivity contribution in [3.8, 4) is 11.4 Å². The van der Waals surface area contributed by atoms with Crippen molar-refractivity contribution >= 4 is 46.2 Å². The van der Waals surface area contributed by atoms with Crippen LogP contribution in [0.4, 0.5) is 15.8 Å². The maximum absolute atomic E-state index is 14.0. The Morgan fingerprint density at radius 1 is 1.13 bits per heavy atom. The number of aromatic nitrogens is 2. The normalized spacial score (nSPS) is 16.7. The highest BCUT2D eigenvalue weighted by Gasteiger charge is 2.42. The number of carbonyl (C=O) groups excluding carboxylic acids is 1. The lowest BCUT2D eigenvalue weighted by Crippen LogP contribution is -2.30. The molecular weight excluding hydrogens is 541 g/mol. The first-order valence-corrected chi connectivity index (χ1v) is 12.8. The summed E-state index contributed by atoms with van der Waals surface area (Å²) in [4.78, 5) is 18.9. The Morgan fingerprint density at radius 3 is 2.67 bits per heavy atom. The molecule has 0 aliphatic carbocycles. The van der Waals surface area contributed by atoms with Gasteiger partial charge >= 0.3 is 0 Å². The van der Waals surface area contributed by atoms with Crippen molar-refractivity contribution < 1.29 is 18.7 Å². The van der Waals surface area contributed by atoms with Crippen LogP contribution in [-0.2, 0) is 9.53 Å². The van der Waals surface area contributed by atoms with Crippen LogP contribution >= 0.6 is 23.8 Å². The Hall–Kier alpha value is -3.99. The molecule has 1 aliphatic heterocycles. The molecule has 0 spiro atoms. The van der Waals surface area contributed by atoms with Gasteiger partial charge in [0.05, 0.1) is 29.6 Å². The SMILES string of the molecule is COCC(=O)Nc1cc(N2C(=S)N[C@H](c3ccccn3)[C@@H]2c2cccn2-c2ccc(F)c(Cl)c2)ccc1OC. The Bertz CT molecular complexity index is 1520. The molecule has 0 radical (unpaired) electrons. The van der Waals surface area contributed by atoms with Crippen LogP contribution in [0.15, 0.2) is 79.1 Å². The van der Waals surface area contributed by atoms with Crippen LogP contribution < -0.4 is 20.3 Å². The lowest BCUT2D eigenvalue weighted by Gasteiger charge is -2.29. The quantitative estimate of drug-likeness (QED) is 0.276. The number of hydrogen-bond donors (Lipinski definition) is 2. The number of carbonyl (C=O) groups is 1. The summed E-state index contributed by atoms with van der Waals surface area (Å²) in [5, 5.41) is 6.75. The number of halogens is 2. The fourth-order valence-corrected chi connectivity index (χ4v) is 5.22. The van der Waals surface area contributed by atoms with E-state index < -0.39 is 5.82 Å². The van der Waals surface area contributed by atoms with Crippen molar-refractivity contribution in [2.24, 2.45) is 0 Å². The molecule has 11 heteroatoms. The fraction of sp³-hybridized carbons (Fsp3) is 0.179. The summed E-state index contributed by atoms with van der Waals surface area (Å²) in [6, 6.07) is 18.9. The first-order chi connectivity index (χ1) is 18.9. The number of nitrogens with one attached hydrogen (secondary N) is 2. The molecule has 2 atom stereocenters. The molecule has 2 aromatic heterocycles. The second-order valence-corrected chi connectivity index (χ2v) is 9.56. The highest BCUT2D eigenvalue weighted by atomic mass is 35.5. The fourth-order valence-electron chi connectivity index (χ4n) is 4.70. The Balaban J connectivity index is 1.63. The predicted molar refractivity (Wildman–Crippen MR) is 152 cm³/mol. The number of methoxy groups -OCH3 is 2. The Labute approximate surface area is 235 Å². The third kappa shape index (κ3) is 5.31. The molecule has 2 N–H and O–H groups in total. The number of amides is 1. The first kappa shape index (κ1) is 26.6. The van der Waals surface area contributed by atoms with Gasteiger partial charge in [-0.2, -0.15) is 0 Å². The van der Waals surface area contributed by atoms with Gasteiger partial charge in [0.15, 0.2) is 5.11 Å². The minimum Gasteiger partial charge on any atom is -0.495 e. The minimum atomic E-state index is -0.493. The number of rotatable bonds is 8. The number of nitrogens with zero attached hydrogens (tertiary/aromatic N) is 3. The minimum absolute atomic E-state index is 0.0250. The number of anilines is 2. The molecule has 5 rings (SSSR count). The van der Waals surface area contributed by atoms with Crippen LogP contribution in [0.2, 0.25) is 5.02 Å². The molecule has 200 valence electrons. The highest BCUT2D eigenvalue weighted by Crippen LogP contribution is 2.44. The maximum atomic E-state index is 14.0. The lowest BCUT2D eigenvalue weighted by atomic mass is 10.0. The molecule has 1 aliphatic rings. The topological polar surface area (TPSA) is 80.7 Å². The van der Waals surface area contributed by atoms with Crippen LogP contribution in [0.3, 0.4) is 0 Å². The highest BCUT2D eigenvalue weighted by molar-refractivity contribution is 7.80. The van der Waals surface area contributed by atoms with E-state index in [1.807, 2.05) is 52.1 Å². The molecule has 0 unspecified atom stereocenters. The van der Waals surface area contributed by atoms with E-state index in [-0.39, 0.29) is 29.6 Å². The van der Waals surface area contributed by atoms with Gasteiger partial charge in [0.25, 0.3) is 0 Å². The van der Waals surface area contributed by atoms with Gasteiger partial charge in [-0.1, -0.05) is 17.7 Å².